The fourth-order valence-electron chi connectivity index (χ4n) is 8.07. The van der Waals surface area contributed by atoms with E-state index in [1.54, 1.807) is 0 Å². The van der Waals surface area contributed by atoms with Gasteiger partial charge < -0.3 is 9.47 Å². The molecule has 0 amide bonds. The first-order valence-electron chi connectivity index (χ1n) is 18.5. The van der Waals surface area contributed by atoms with Gasteiger partial charge in [0.25, 0.3) is 0 Å². The Labute approximate surface area is 315 Å². The zero-order chi connectivity index (χ0) is 35.8. The van der Waals surface area contributed by atoms with Crippen LogP contribution < -0.4 is 4.90 Å². The maximum absolute atomic E-state index is 2.40. The normalized spacial score (nSPS) is 11.3. The first-order chi connectivity index (χ1) is 26.8. The molecule has 9 aromatic carbocycles. The van der Waals surface area contributed by atoms with Crippen LogP contribution in [0.4, 0.5) is 17.1 Å². The molecule has 0 bridgehead atoms. The first-order valence-corrected chi connectivity index (χ1v) is 18.5. The summed E-state index contributed by atoms with van der Waals surface area (Å²) in [6, 6.07) is 78.9. The third kappa shape index (κ3) is 5.53. The minimum absolute atomic E-state index is 1.09. The predicted octanol–water partition coefficient (Wildman–Crippen LogP) is 14.4. The first kappa shape index (κ1) is 31.6. The molecular formula is C52H36N2. The molecular weight excluding hydrogens is 653 g/mol. The van der Waals surface area contributed by atoms with E-state index in [0.29, 0.717) is 0 Å². The minimum atomic E-state index is 1.09. The number of hydrogen-bond donors (Lipinski definition) is 0. The summed E-state index contributed by atoms with van der Waals surface area (Å²) in [6.45, 7) is 0. The molecule has 0 N–H and O–H groups in total. The molecule has 0 atom stereocenters. The van der Waals surface area contributed by atoms with Crippen molar-refractivity contribution in [3.05, 3.63) is 218 Å². The van der Waals surface area contributed by atoms with E-state index in [2.05, 4.69) is 228 Å². The molecule has 254 valence electrons. The number of benzene rings is 9. The van der Waals surface area contributed by atoms with Crippen LogP contribution in [0.15, 0.2) is 218 Å². The second-order valence-electron chi connectivity index (χ2n) is 13.8. The minimum Gasteiger partial charge on any atom is -0.310 e. The summed E-state index contributed by atoms with van der Waals surface area (Å²) in [6.07, 6.45) is 0. The number of para-hydroxylation sites is 3. The smallest absolute Gasteiger partial charge is 0.0541 e. The lowest BCUT2D eigenvalue weighted by Crippen LogP contribution is -2.11. The highest BCUT2D eigenvalue weighted by Crippen LogP contribution is 2.43. The predicted molar refractivity (Wildman–Crippen MR) is 229 cm³/mol. The molecule has 10 aromatic rings. The van der Waals surface area contributed by atoms with Crippen LogP contribution in [-0.4, -0.2) is 4.57 Å². The Morgan fingerprint density at radius 3 is 1.63 bits per heavy atom. The lowest BCUT2D eigenvalue weighted by Gasteiger charge is -2.28. The fourth-order valence-corrected chi connectivity index (χ4v) is 8.07. The van der Waals surface area contributed by atoms with Crippen molar-refractivity contribution < 1.29 is 0 Å². The van der Waals surface area contributed by atoms with Crippen LogP contribution in [0.5, 0.6) is 0 Å². The van der Waals surface area contributed by atoms with E-state index in [0.717, 1.165) is 28.3 Å². The highest BCUT2D eigenvalue weighted by molar-refractivity contribution is 6.09. The Bertz CT molecular complexity index is 2880. The van der Waals surface area contributed by atoms with Gasteiger partial charge in [0.05, 0.1) is 16.7 Å². The second-order valence-corrected chi connectivity index (χ2v) is 13.8. The standard InChI is InChI=1S/C52H36N2/c1-2-15-38(16-3-1)47-24-6-9-28-50(47)53(42-33-31-39(32-34-42)46-27-14-18-37-17-4-5-23-45(37)46)43-21-12-19-40(35-43)41-20-13-22-44(36-41)54-51-29-10-7-25-48(51)49-26-8-11-30-52(49)54/h1-36H. The monoisotopic (exact) mass is 688 g/mol. The summed E-state index contributed by atoms with van der Waals surface area (Å²) in [5, 5.41) is 5.03. The zero-order valence-corrected chi connectivity index (χ0v) is 29.7. The van der Waals surface area contributed by atoms with E-state index >= 15 is 0 Å². The van der Waals surface area contributed by atoms with Gasteiger partial charge in [-0.1, -0.05) is 164 Å². The molecule has 0 fully saturated rings. The van der Waals surface area contributed by atoms with Crippen LogP contribution in [-0.2, 0) is 0 Å². The van der Waals surface area contributed by atoms with Crippen LogP contribution in [0.3, 0.4) is 0 Å². The molecule has 0 unspecified atom stereocenters. The highest BCUT2D eigenvalue weighted by Gasteiger charge is 2.19. The average molecular weight is 689 g/mol. The van der Waals surface area contributed by atoms with Gasteiger partial charge in [0.15, 0.2) is 0 Å². The zero-order valence-electron chi connectivity index (χ0n) is 29.7. The number of anilines is 3. The molecule has 0 saturated heterocycles. The maximum atomic E-state index is 2.40. The van der Waals surface area contributed by atoms with E-state index in [1.165, 1.54) is 60.4 Å². The largest absolute Gasteiger partial charge is 0.310 e. The molecule has 0 aliphatic heterocycles. The number of aromatic nitrogens is 1. The summed E-state index contributed by atoms with van der Waals surface area (Å²) in [5.74, 6) is 0. The van der Waals surface area contributed by atoms with Gasteiger partial charge in [0.1, 0.15) is 0 Å². The second kappa shape index (κ2) is 13.4. The van der Waals surface area contributed by atoms with E-state index in [9.17, 15) is 0 Å². The molecule has 1 aromatic heterocycles. The van der Waals surface area contributed by atoms with Gasteiger partial charge in [-0.25, -0.2) is 0 Å². The van der Waals surface area contributed by atoms with E-state index in [4.69, 9.17) is 0 Å². The summed E-state index contributed by atoms with van der Waals surface area (Å²) in [7, 11) is 0. The van der Waals surface area contributed by atoms with E-state index in [-0.39, 0.29) is 0 Å². The Balaban J connectivity index is 1.11. The van der Waals surface area contributed by atoms with Gasteiger partial charge in [-0.05, 0) is 93.2 Å². The summed E-state index contributed by atoms with van der Waals surface area (Å²) < 4.78 is 2.39. The van der Waals surface area contributed by atoms with Gasteiger partial charge in [0, 0.05) is 33.4 Å². The average Bonchev–Trinajstić information content (AvgIpc) is 3.59. The van der Waals surface area contributed by atoms with Crippen LogP contribution >= 0.6 is 0 Å². The fraction of sp³-hybridized carbons (Fsp3) is 0. The van der Waals surface area contributed by atoms with Gasteiger partial charge in [0.2, 0.25) is 0 Å². The quantitative estimate of drug-likeness (QED) is 0.162. The molecule has 2 heteroatoms. The number of hydrogen-bond acceptors (Lipinski definition) is 1. The van der Waals surface area contributed by atoms with Crippen molar-refractivity contribution in [1.82, 2.24) is 4.57 Å². The van der Waals surface area contributed by atoms with Crippen molar-refractivity contribution in [1.29, 1.82) is 0 Å². The lowest BCUT2D eigenvalue weighted by molar-refractivity contribution is 1.18. The summed E-state index contributed by atoms with van der Waals surface area (Å²) >= 11 is 0. The van der Waals surface area contributed by atoms with Crippen molar-refractivity contribution in [3.63, 3.8) is 0 Å². The lowest BCUT2D eigenvalue weighted by atomic mass is 9.97. The third-order valence-corrected chi connectivity index (χ3v) is 10.6. The SMILES string of the molecule is c1ccc(-c2ccccc2N(c2ccc(-c3cccc4ccccc34)cc2)c2cccc(-c3cccc(-n4c5ccccc5c5ccccc54)c3)c2)cc1. The maximum Gasteiger partial charge on any atom is 0.0541 e. The highest BCUT2D eigenvalue weighted by atomic mass is 15.1. The van der Waals surface area contributed by atoms with Crippen molar-refractivity contribution in [3.8, 4) is 39.1 Å². The molecule has 2 nitrogen and oxygen atoms in total. The third-order valence-electron chi connectivity index (χ3n) is 10.6. The number of rotatable bonds is 7. The van der Waals surface area contributed by atoms with E-state index < -0.39 is 0 Å². The summed E-state index contributed by atoms with van der Waals surface area (Å²) in [5.41, 5.74) is 14.0. The van der Waals surface area contributed by atoms with Crippen LogP contribution in [0.1, 0.15) is 0 Å². The Hall–Kier alpha value is -7.16. The van der Waals surface area contributed by atoms with Gasteiger partial charge in [-0.3, -0.25) is 0 Å². The summed E-state index contributed by atoms with van der Waals surface area (Å²) in [4.78, 5) is 2.40. The van der Waals surface area contributed by atoms with Gasteiger partial charge >= 0.3 is 0 Å². The Kier molecular flexibility index (Phi) is 7.85. The van der Waals surface area contributed by atoms with Crippen molar-refractivity contribution in [2.24, 2.45) is 0 Å². The van der Waals surface area contributed by atoms with Crippen LogP contribution in [0.2, 0.25) is 0 Å². The molecule has 0 aliphatic rings. The number of nitrogens with zero attached hydrogens (tertiary/aromatic N) is 2. The van der Waals surface area contributed by atoms with Crippen LogP contribution in [0, 0.1) is 0 Å². The molecule has 54 heavy (non-hydrogen) atoms. The van der Waals surface area contributed by atoms with Crippen LogP contribution in [0.25, 0.3) is 71.6 Å². The Morgan fingerprint density at radius 2 is 0.852 bits per heavy atom. The van der Waals surface area contributed by atoms with E-state index in [1.807, 2.05) is 0 Å². The molecule has 0 aliphatic carbocycles. The van der Waals surface area contributed by atoms with Crippen molar-refractivity contribution >= 4 is 49.6 Å². The van der Waals surface area contributed by atoms with Crippen molar-refractivity contribution in [2.45, 2.75) is 0 Å². The molecule has 0 radical (unpaired) electrons. The topological polar surface area (TPSA) is 8.17 Å². The number of fused-ring (bicyclic) bond motifs is 4. The van der Waals surface area contributed by atoms with Gasteiger partial charge in [-0.15, -0.1) is 0 Å². The Morgan fingerprint density at radius 1 is 0.315 bits per heavy atom. The van der Waals surface area contributed by atoms with Crippen molar-refractivity contribution in [2.75, 3.05) is 4.90 Å². The molecule has 0 saturated carbocycles. The van der Waals surface area contributed by atoms with Gasteiger partial charge in [-0.2, -0.15) is 0 Å². The molecule has 0 spiro atoms. The molecule has 1 heterocycles. The molecule has 10 rings (SSSR count).